The summed E-state index contributed by atoms with van der Waals surface area (Å²) in [5, 5.41) is 10.2. The molecule has 78 valence electrons. The highest BCUT2D eigenvalue weighted by molar-refractivity contribution is 5.79. The molecule has 0 aromatic carbocycles. The van der Waals surface area contributed by atoms with Crippen LogP contribution in [0.25, 0.3) is 0 Å². The molecule has 0 radical (unpaired) electrons. The van der Waals surface area contributed by atoms with E-state index in [1.165, 1.54) is 7.05 Å². The number of hydrogen-bond donors (Lipinski definition) is 2. The van der Waals surface area contributed by atoms with Gasteiger partial charge in [-0.3, -0.25) is 10.1 Å². The number of rotatable bonds is 2. The van der Waals surface area contributed by atoms with Crippen molar-refractivity contribution in [1.82, 2.24) is 9.78 Å². The number of aromatic nitrogens is 2. The van der Waals surface area contributed by atoms with E-state index in [4.69, 9.17) is 11.1 Å². The first-order chi connectivity index (χ1) is 6.30. The van der Waals surface area contributed by atoms with Crippen LogP contribution >= 0.6 is 0 Å². The van der Waals surface area contributed by atoms with Gasteiger partial charge in [0.25, 0.3) is 0 Å². The molecule has 14 heavy (non-hydrogen) atoms. The number of aryl methyl sites for hydroxylation is 1. The van der Waals surface area contributed by atoms with E-state index < -0.39 is 11.9 Å². The highest BCUT2D eigenvalue weighted by atomic mass is 19.4. The van der Waals surface area contributed by atoms with Gasteiger partial charge in [0.1, 0.15) is 0 Å². The molecule has 1 rings (SSSR count). The van der Waals surface area contributed by atoms with E-state index in [2.05, 4.69) is 5.10 Å². The summed E-state index contributed by atoms with van der Waals surface area (Å²) < 4.78 is 37.5. The predicted octanol–water partition coefficient (Wildman–Crippen LogP) is 0.917. The third-order valence-electron chi connectivity index (χ3n) is 1.64. The Hall–Kier alpha value is -1.53. The molecule has 7 heteroatoms. The maximum atomic E-state index is 12.2. The zero-order chi connectivity index (χ0) is 10.9. The van der Waals surface area contributed by atoms with Crippen LogP contribution in [0.5, 0.6) is 0 Å². The minimum Gasteiger partial charge on any atom is -0.387 e. The predicted molar refractivity (Wildman–Crippen MR) is 43.8 cm³/mol. The van der Waals surface area contributed by atoms with Gasteiger partial charge in [0, 0.05) is 19.2 Å². The Labute approximate surface area is 78.0 Å². The van der Waals surface area contributed by atoms with Gasteiger partial charge < -0.3 is 5.73 Å². The quantitative estimate of drug-likeness (QED) is 0.558. The Morgan fingerprint density at radius 3 is 2.57 bits per heavy atom. The molecule has 3 N–H and O–H groups in total. The van der Waals surface area contributed by atoms with Crippen LogP contribution in [0.2, 0.25) is 0 Å². The fourth-order valence-electron chi connectivity index (χ4n) is 1.01. The molecule has 0 unspecified atom stereocenters. The van der Waals surface area contributed by atoms with Crippen LogP contribution in [0.4, 0.5) is 13.2 Å². The number of hydrogen-bond acceptors (Lipinski definition) is 2. The van der Waals surface area contributed by atoms with Crippen molar-refractivity contribution in [3.63, 3.8) is 0 Å². The molecule has 0 aliphatic carbocycles. The molecule has 0 saturated heterocycles. The summed E-state index contributed by atoms with van der Waals surface area (Å²) in [4.78, 5) is 0. The van der Waals surface area contributed by atoms with E-state index >= 15 is 0 Å². The largest absolute Gasteiger partial charge is 0.435 e. The Balaban J connectivity index is 2.99. The van der Waals surface area contributed by atoms with Gasteiger partial charge in [-0.1, -0.05) is 0 Å². The fourth-order valence-corrected chi connectivity index (χ4v) is 1.01. The lowest BCUT2D eigenvalue weighted by Gasteiger charge is -1.99. The number of halogens is 3. The van der Waals surface area contributed by atoms with Gasteiger partial charge in [-0.25, -0.2) is 0 Å². The monoisotopic (exact) mass is 206 g/mol. The molecule has 1 aromatic rings. The van der Waals surface area contributed by atoms with Crippen molar-refractivity contribution in [3.8, 4) is 0 Å². The minimum absolute atomic E-state index is 0.0282. The number of amidine groups is 1. The molecule has 4 nitrogen and oxygen atoms in total. The summed E-state index contributed by atoms with van der Waals surface area (Å²) in [6.45, 7) is 0. The Morgan fingerprint density at radius 2 is 2.21 bits per heavy atom. The van der Waals surface area contributed by atoms with Crippen LogP contribution in [0.15, 0.2) is 6.07 Å². The highest BCUT2D eigenvalue weighted by Gasteiger charge is 2.34. The lowest BCUT2D eigenvalue weighted by Crippen LogP contribution is -2.15. The molecule has 0 spiro atoms. The molecule has 1 heterocycles. The SMILES string of the molecule is Cn1nc(C(F)(F)F)cc1CC(=N)N. The maximum Gasteiger partial charge on any atom is 0.435 e. The first-order valence-electron chi connectivity index (χ1n) is 3.73. The second-order valence-corrected chi connectivity index (χ2v) is 2.84. The number of alkyl halides is 3. The summed E-state index contributed by atoms with van der Waals surface area (Å²) in [7, 11) is 1.38. The zero-order valence-electron chi connectivity index (χ0n) is 7.39. The van der Waals surface area contributed by atoms with Crippen LogP contribution in [-0.4, -0.2) is 15.6 Å². The molecule has 0 saturated carbocycles. The van der Waals surface area contributed by atoms with E-state index in [-0.39, 0.29) is 18.0 Å². The average molecular weight is 206 g/mol. The molecular formula is C7H9F3N4. The van der Waals surface area contributed by atoms with E-state index in [1.807, 2.05) is 0 Å². The van der Waals surface area contributed by atoms with Crippen molar-refractivity contribution >= 4 is 5.84 Å². The summed E-state index contributed by atoms with van der Waals surface area (Å²) in [5.41, 5.74) is 4.38. The average Bonchev–Trinajstić information content (AvgIpc) is 2.30. The van der Waals surface area contributed by atoms with Gasteiger partial charge in [-0.2, -0.15) is 18.3 Å². The fraction of sp³-hybridized carbons (Fsp3) is 0.429. The van der Waals surface area contributed by atoms with Crippen LogP contribution < -0.4 is 5.73 Å². The zero-order valence-corrected chi connectivity index (χ0v) is 7.39. The summed E-state index contributed by atoms with van der Waals surface area (Å²) in [6.07, 6.45) is -4.48. The van der Waals surface area contributed by atoms with Gasteiger partial charge >= 0.3 is 6.18 Å². The number of nitrogens with zero attached hydrogens (tertiary/aromatic N) is 2. The summed E-state index contributed by atoms with van der Waals surface area (Å²) in [6, 6.07) is 0.890. The molecule has 1 aromatic heterocycles. The smallest absolute Gasteiger partial charge is 0.387 e. The normalized spacial score (nSPS) is 11.7. The van der Waals surface area contributed by atoms with Crippen molar-refractivity contribution in [1.29, 1.82) is 5.41 Å². The summed E-state index contributed by atoms with van der Waals surface area (Å²) in [5.74, 6) is -0.193. The van der Waals surface area contributed by atoms with Crippen molar-refractivity contribution in [3.05, 3.63) is 17.5 Å². The van der Waals surface area contributed by atoms with Crippen molar-refractivity contribution in [2.24, 2.45) is 12.8 Å². The minimum atomic E-state index is -4.45. The van der Waals surface area contributed by atoms with Crippen LogP contribution in [0.1, 0.15) is 11.4 Å². The standard InChI is InChI=1S/C7H9F3N4/c1-14-4(3-6(11)12)2-5(13-14)7(8,9)10/h2H,3H2,1H3,(H3,11,12). The Kier molecular flexibility index (Phi) is 2.50. The maximum absolute atomic E-state index is 12.2. The van der Waals surface area contributed by atoms with Crippen molar-refractivity contribution in [2.75, 3.05) is 0 Å². The Bertz CT molecular complexity index is 352. The van der Waals surface area contributed by atoms with Gasteiger partial charge in [0.15, 0.2) is 5.69 Å². The van der Waals surface area contributed by atoms with Gasteiger partial charge in [-0.05, 0) is 6.07 Å². The number of nitrogens with one attached hydrogen (secondary N) is 1. The molecule has 0 fully saturated rings. The van der Waals surface area contributed by atoms with E-state index in [0.717, 1.165) is 10.7 Å². The number of nitrogens with two attached hydrogens (primary N) is 1. The van der Waals surface area contributed by atoms with Crippen molar-refractivity contribution in [2.45, 2.75) is 12.6 Å². The molecule has 0 amide bonds. The molecule has 0 bridgehead atoms. The molecule has 0 aliphatic heterocycles. The third kappa shape index (κ3) is 2.24. The van der Waals surface area contributed by atoms with Crippen LogP contribution in [0, 0.1) is 5.41 Å². The third-order valence-corrected chi connectivity index (χ3v) is 1.64. The first kappa shape index (κ1) is 10.6. The summed E-state index contributed by atoms with van der Waals surface area (Å²) >= 11 is 0. The van der Waals surface area contributed by atoms with Gasteiger partial charge in [0.05, 0.1) is 5.84 Å². The van der Waals surface area contributed by atoms with E-state index in [1.54, 1.807) is 0 Å². The van der Waals surface area contributed by atoms with Crippen LogP contribution in [0.3, 0.4) is 0 Å². The van der Waals surface area contributed by atoms with Crippen LogP contribution in [-0.2, 0) is 19.6 Å². The van der Waals surface area contributed by atoms with E-state index in [9.17, 15) is 13.2 Å². The second-order valence-electron chi connectivity index (χ2n) is 2.84. The lowest BCUT2D eigenvalue weighted by molar-refractivity contribution is -0.141. The molecular weight excluding hydrogens is 197 g/mol. The lowest BCUT2D eigenvalue weighted by atomic mass is 10.2. The van der Waals surface area contributed by atoms with Gasteiger partial charge in [0.2, 0.25) is 0 Å². The Morgan fingerprint density at radius 1 is 1.64 bits per heavy atom. The van der Waals surface area contributed by atoms with Crippen molar-refractivity contribution < 1.29 is 13.2 Å². The van der Waals surface area contributed by atoms with E-state index in [0.29, 0.717) is 0 Å². The molecule has 0 aliphatic rings. The molecule has 0 atom stereocenters. The topological polar surface area (TPSA) is 67.7 Å². The highest BCUT2D eigenvalue weighted by Crippen LogP contribution is 2.28. The first-order valence-corrected chi connectivity index (χ1v) is 3.73. The van der Waals surface area contributed by atoms with Gasteiger partial charge in [-0.15, -0.1) is 0 Å². The second kappa shape index (κ2) is 3.32.